The minimum atomic E-state index is 0.456. The fourth-order valence-electron chi connectivity index (χ4n) is 2.91. The molecule has 1 saturated heterocycles. The molecule has 0 aromatic heterocycles. The molecule has 2 rings (SSSR count). The summed E-state index contributed by atoms with van der Waals surface area (Å²) in [5.74, 6) is 0. The summed E-state index contributed by atoms with van der Waals surface area (Å²) in [7, 11) is 0. The first-order valence-electron chi connectivity index (χ1n) is 6.97. The third-order valence-electron chi connectivity index (χ3n) is 4.55. The second-order valence-electron chi connectivity index (χ2n) is 5.59. The highest BCUT2D eigenvalue weighted by molar-refractivity contribution is 4.94. The van der Waals surface area contributed by atoms with Crippen molar-refractivity contribution in [3.05, 3.63) is 0 Å². The molecule has 1 aliphatic carbocycles. The maximum Gasteiger partial charge on any atom is 0.0179 e. The third kappa shape index (κ3) is 2.96. The van der Waals surface area contributed by atoms with Gasteiger partial charge in [0.25, 0.3) is 0 Å². The molecule has 0 aromatic rings. The van der Waals surface area contributed by atoms with Crippen LogP contribution in [0.5, 0.6) is 0 Å². The van der Waals surface area contributed by atoms with E-state index >= 15 is 0 Å². The molecule has 0 bridgehead atoms. The second kappa shape index (κ2) is 5.48. The topological polar surface area (TPSA) is 41.3 Å². The quantitative estimate of drug-likeness (QED) is 0.742. The number of rotatable bonds is 5. The van der Waals surface area contributed by atoms with E-state index in [1.165, 1.54) is 58.2 Å². The Morgan fingerprint density at radius 2 is 2.00 bits per heavy atom. The van der Waals surface area contributed by atoms with Crippen LogP contribution in [0.3, 0.4) is 0 Å². The zero-order chi connectivity index (χ0) is 11.4. The summed E-state index contributed by atoms with van der Waals surface area (Å²) in [5, 5.41) is 3.77. The van der Waals surface area contributed by atoms with Crippen LogP contribution in [-0.4, -0.2) is 42.7 Å². The standard InChI is InChI=1S/C13H27N3/c1-2-13(6-3-7-13)15-8-11-16-9-4-12(14)5-10-16/h12,15H,2-11,14H2,1H3. The predicted octanol–water partition coefficient (Wildman–Crippen LogP) is 1.33. The summed E-state index contributed by atoms with van der Waals surface area (Å²) in [6.45, 7) is 7.06. The molecule has 0 spiro atoms. The molecule has 16 heavy (non-hydrogen) atoms. The summed E-state index contributed by atoms with van der Waals surface area (Å²) in [4.78, 5) is 2.55. The van der Waals surface area contributed by atoms with Gasteiger partial charge in [-0.3, -0.25) is 0 Å². The molecule has 0 aromatic carbocycles. The van der Waals surface area contributed by atoms with Gasteiger partial charge in [-0.05, 0) is 51.6 Å². The Labute approximate surface area is 99.8 Å². The summed E-state index contributed by atoms with van der Waals surface area (Å²) in [5.41, 5.74) is 6.41. The SMILES string of the molecule is CCC1(NCCN2CCC(N)CC2)CCC1. The molecule has 0 unspecified atom stereocenters. The predicted molar refractivity (Wildman–Crippen MR) is 68.5 cm³/mol. The van der Waals surface area contributed by atoms with Gasteiger partial charge in [0.1, 0.15) is 0 Å². The second-order valence-corrected chi connectivity index (χ2v) is 5.59. The highest BCUT2D eigenvalue weighted by Gasteiger charge is 2.34. The Hall–Kier alpha value is -0.120. The third-order valence-corrected chi connectivity index (χ3v) is 4.55. The number of likely N-dealkylation sites (tertiary alicyclic amines) is 1. The zero-order valence-electron chi connectivity index (χ0n) is 10.7. The summed E-state index contributed by atoms with van der Waals surface area (Å²) in [6.07, 6.45) is 7.83. The normalized spacial score (nSPS) is 26.6. The average molecular weight is 225 g/mol. The molecule has 0 radical (unpaired) electrons. The molecule has 3 N–H and O–H groups in total. The van der Waals surface area contributed by atoms with Gasteiger partial charge in [-0.1, -0.05) is 6.92 Å². The smallest absolute Gasteiger partial charge is 0.0179 e. The molecule has 1 aliphatic heterocycles. The Morgan fingerprint density at radius 3 is 2.50 bits per heavy atom. The molecule has 94 valence electrons. The van der Waals surface area contributed by atoms with Crippen LogP contribution >= 0.6 is 0 Å². The summed E-state index contributed by atoms with van der Waals surface area (Å²) < 4.78 is 0. The van der Waals surface area contributed by atoms with Crippen LogP contribution in [-0.2, 0) is 0 Å². The number of nitrogens with zero attached hydrogens (tertiary/aromatic N) is 1. The van der Waals surface area contributed by atoms with Crippen molar-refractivity contribution in [1.82, 2.24) is 10.2 Å². The molecule has 3 heteroatoms. The number of nitrogens with one attached hydrogen (secondary N) is 1. The molecule has 2 aliphatic rings. The van der Waals surface area contributed by atoms with Gasteiger partial charge in [0.2, 0.25) is 0 Å². The maximum atomic E-state index is 5.90. The van der Waals surface area contributed by atoms with Gasteiger partial charge >= 0.3 is 0 Å². The fraction of sp³-hybridized carbons (Fsp3) is 1.00. The van der Waals surface area contributed by atoms with Crippen LogP contribution < -0.4 is 11.1 Å². The molecule has 2 fully saturated rings. The minimum absolute atomic E-state index is 0.456. The van der Waals surface area contributed by atoms with E-state index in [4.69, 9.17) is 5.73 Å². The fourth-order valence-corrected chi connectivity index (χ4v) is 2.91. The highest BCUT2D eigenvalue weighted by atomic mass is 15.2. The van der Waals surface area contributed by atoms with E-state index in [0.717, 1.165) is 6.54 Å². The minimum Gasteiger partial charge on any atom is -0.328 e. The van der Waals surface area contributed by atoms with Crippen LogP contribution in [0.1, 0.15) is 45.4 Å². The number of hydrogen-bond acceptors (Lipinski definition) is 3. The lowest BCUT2D eigenvalue weighted by Gasteiger charge is -2.43. The lowest BCUT2D eigenvalue weighted by atomic mass is 9.75. The Morgan fingerprint density at radius 1 is 1.31 bits per heavy atom. The van der Waals surface area contributed by atoms with Gasteiger partial charge in [-0.25, -0.2) is 0 Å². The van der Waals surface area contributed by atoms with Gasteiger partial charge in [-0.2, -0.15) is 0 Å². The van der Waals surface area contributed by atoms with Crippen molar-refractivity contribution in [2.45, 2.75) is 57.0 Å². The van der Waals surface area contributed by atoms with Crippen molar-refractivity contribution >= 4 is 0 Å². The first kappa shape index (κ1) is 12.3. The summed E-state index contributed by atoms with van der Waals surface area (Å²) >= 11 is 0. The van der Waals surface area contributed by atoms with Gasteiger partial charge in [0, 0.05) is 24.7 Å². The lowest BCUT2D eigenvalue weighted by molar-refractivity contribution is 0.156. The monoisotopic (exact) mass is 225 g/mol. The first-order chi connectivity index (χ1) is 7.74. The van der Waals surface area contributed by atoms with Crippen molar-refractivity contribution in [2.75, 3.05) is 26.2 Å². The van der Waals surface area contributed by atoms with Crippen molar-refractivity contribution in [2.24, 2.45) is 5.73 Å². The van der Waals surface area contributed by atoms with E-state index in [9.17, 15) is 0 Å². The number of hydrogen-bond donors (Lipinski definition) is 2. The molecule has 1 saturated carbocycles. The van der Waals surface area contributed by atoms with Crippen LogP contribution in [0.15, 0.2) is 0 Å². The molecule has 0 atom stereocenters. The molecule has 3 nitrogen and oxygen atoms in total. The van der Waals surface area contributed by atoms with E-state index in [2.05, 4.69) is 17.1 Å². The van der Waals surface area contributed by atoms with E-state index < -0.39 is 0 Å². The van der Waals surface area contributed by atoms with Crippen LogP contribution in [0.25, 0.3) is 0 Å². The number of piperidine rings is 1. The van der Waals surface area contributed by atoms with Gasteiger partial charge in [0.05, 0.1) is 0 Å². The Balaban J connectivity index is 1.61. The van der Waals surface area contributed by atoms with Gasteiger partial charge < -0.3 is 16.0 Å². The van der Waals surface area contributed by atoms with Gasteiger partial charge in [-0.15, -0.1) is 0 Å². The summed E-state index contributed by atoms with van der Waals surface area (Å²) in [6, 6.07) is 0.456. The van der Waals surface area contributed by atoms with E-state index in [1.807, 2.05) is 0 Å². The molecular weight excluding hydrogens is 198 g/mol. The first-order valence-corrected chi connectivity index (χ1v) is 6.97. The van der Waals surface area contributed by atoms with E-state index in [0.29, 0.717) is 11.6 Å². The van der Waals surface area contributed by atoms with Crippen LogP contribution in [0.4, 0.5) is 0 Å². The highest BCUT2D eigenvalue weighted by Crippen LogP contribution is 2.34. The van der Waals surface area contributed by atoms with Crippen LogP contribution in [0.2, 0.25) is 0 Å². The van der Waals surface area contributed by atoms with Crippen molar-refractivity contribution in [1.29, 1.82) is 0 Å². The molecule has 0 amide bonds. The zero-order valence-corrected chi connectivity index (χ0v) is 10.7. The van der Waals surface area contributed by atoms with Crippen molar-refractivity contribution < 1.29 is 0 Å². The van der Waals surface area contributed by atoms with Crippen molar-refractivity contribution in [3.8, 4) is 0 Å². The molecular formula is C13H27N3. The maximum absolute atomic E-state index is 5.90. The van der Waals surface area contributed by atoms with E-state index in [1.54, 1.807) is 0 Å². The number of nitrogens with two attached hydrogens (primary N) is 1. The van der Waals surface area contributed by atoms with Gasteiger partial charge in [0.15, 0.2) is 0 Å². The Bertz CT molecular complexity index is 200. The van der Waals surface area contributed by atoms with Crippen LogP contribution in [0, 0.1) is 0 Å². The largest absolute Gasteiger partial charge is 0.328 e. The van der Waals surface area contributed by atoms with Crippen molar-refractivity contribution in [3.63, 3.8) is 0 Å². The Kier molecular flexibility index (Phi) is 4.22. The average Bonchev–Trinajstić information content (AvgIpc) is 2.25. The lowest BCUT2D eigenvalue weighted by Crippen LogP contribution is -2.53. The van der Waals surface area contributed by atoms with E-state index in [-0.39, 0.29) is 0 Å². The molecule has 1 heterocycles.